The standard InChI is InChI=1S/C17H34N2/c1-14(2)6-7-16(5)18-17-9-12-19(13-10-17)11-8-15(3)4/h8,14,16-18H,6-7,9-13H2,1-5H3. The van der Waals surface area contributed by atoms with E-state index in [-0.39, 0.29) is 0 Å². The molecule has 1 heterocycles. The second kappa shape index (κ2) is 8.76. The Hall–Kier alpha value is -0.340. The van der Waals surface area contributed by atoms with Gasteiger partial charge < -0.3 is 5.32 Å². The summed E-state index contributed by atoms with van der Waals surface area (Å²) in [5.41, 5.74) is 1.43. The van der Waals surface area contributed by atoms with Gasteiger partial charge in [0.1, 0.15) is 0 Å². The molecule has 0 amide bonds. The minimum absolute atomic E-state index is 0.678. The van der Waals surface area contributed by atoms with Crippen molar-refractivity contribution in [1.29, 1.82) is 0 Å². The summed E-state index contributed by atoms with van der Waals surface area (Å²) in [5.74, 6) is 0.829. The maximum Gasteiger partial charge on any atom is 0.0165 e. The van der Waals surface area contributed by atoms with Gasteiger partial charge in [-0.1, -0.05) is 25.5 Å². The Labute approximate surface area is 120 Å². The van der Waals surface area contributed by atoms with Crippen LogP contribution in [-0.2, 0) is 0 Å². The molecule has 1 atom stereocenters. The van der Waals surface area contributed by atoms with E-state index in [0.717, 1.165) is 18.5 Å². The highest BCUT2D eigenvalue weighted by atomic mass is 15.1. The Morgan fingerprint density at radius 2 is 1.79 bits per heavy atom. The average Bonchev–Trinajstić information content (AvgIpc) is 2.35. The Bertz CT molecular complexity index is 258. The topological polar surface area (TPSA) is 15.3 Å². The lowest BCUT2D eigenvalue weighted by Gasteiger charge is -2.33. The number of hydrogen-bond acceptors (Lipinski definition) is 2. The van der Waals surface area contributed by atoms with Gasteiger partial charge in [-0.25, -0.2) is 0 Å². The molecular formula is C17H34N2. The smallest absolute Gasteiger partial charge is 0.0165 e. The minimum atomic E-state index is 0.678. The SMILES string of the molecule is CC(C)=CCN1CCC(NC(C)CCC(C)C)CC1. The maximum absolute atomic E-state index is 3.82. The highest BCUT2D eigenvalue weighted by Crippen LogP contribution is 2.13. The van der Waals surface area contributed by atoms with E-state index in [9.17, 15) is 0 Å². The Balaban J connectivity index is 2.17. The molecule has 2 heteroatoms. The molecule has 1 aliphatic rings. The van der Waals surface area contributed by atoms with Gasteiger partial charge in [-0.05, 0) is 65.5 Å². The summed E-state index contributed by atoms with van der Waals surface area (Å²) in [6.07, 6.45) is 7.62. The third-order valence-electron chi connectivity index (χ3n) is 4.04. The van der Waals surface area contributed by atoms with Crippen molar-refractivity contribution >= 4 is 0 Å². The zero-order valence-corrected chi connectivity index (χ0v) is 13.7. The normalized spacial score (nSPS) is 19.7. The van der Waals surface area contributed by atoms with Crippen LogP contribution >= 0.6 is 0 Å². The van der Waals surface area contributed by atoms with Crippen molar-refractivity contribution in [2.75, 3.05) is 19.6 Å². The van der Waals surface area contributed by atoms with E-state index in [0.29, 0.717) is 6.04 Å². The van der Waals surface area contributed by atoms with E-state index >= 15 is 0 Å². The Kier molecular flexibility index (Phi) is 7.70. The van der Waals surface area contributed by atoms with Crippen molar-refractivity contribution < 1.29 is 0 Å². The van der Waals surface area contributed by atoms with E-state index in [2.05, 4.69) is 50.9 Å². The molecule has 0 aromatic rings. The Morgan fingerprint density at radius 1 is 1.16 bits per heavy atom. The van der Waals surface area contributed by atoms with E-state index in [4.69, 9.17) is 0 Å². The molecule has 1 aliphatic heterocycles. The molecule has 0 aromatic heterocycles. The van der Waals surface area contributed by atoms with Crippen LogP contribution in [0.4, 0.5) is 0 Å². The molecule has 112 valence electrons. The molecule has 1 rings (SSSR count). The highest BCUT2D eigenvalue weighted by Gasteiger charge is 2.19. The number of rotatable bonds is 7. The fourth-order valence-electron chi connectivity index (χ4n) is 2.66. The van der Waals surface area contributed by atoms with E-state index < -0.39 is 0 Å². The molecular weight excluding hydrogens is 232 g/mol. The number of nitrogens with one attached hydrogen (secondary N) is 1. The molecule has 1 N–H and O–H groups in total. The molecule has 0 spiro atoms. The second-order valence-electron chi connectivity index (χ2n) is 6.90. The summed E-state index contributed by atoms with van der Waals surface area (Å²) in [5, 5.41) is 3.82. The summed E-state index contributed by atoms with van der Waals surface area (Å²) in [6.45, 7) is 15.0. The lowest BCUT2D eigenvalue weighted by atomic mass is 10.0. The van der Waals surface area contributed by atoms with Crippen LogP contribution in [0, 0.1) is 5.92 Å². The first kappa shape index (κ1) is 16.7. The highest BCUT2D eigenvalue weighted by molar-refractivity contribution is 4.95. The van der Waals surface area contributed by atoms with Gasteiger partial charge >= 0.3 is 0 Å². The molecule has 1 fully saturated rings. The molecule has 0 aromatic carbocycles. The zero-order valence-electron chi connectivity index (χ0n) is 13.7. The van der Waals surface area contributed by atoms with Crippen LogP contribution in [0.5, 0.6) is 0 Å². The molecule has 0 aliphatic carbocycles. The van der Waals surface area contributed by atoms with Crippen molar-refractivity contribution in [3.63, 3.8) is 0 Å². The second-order valence-corrected chi connectivity index (χ2v) is 6.90. The zero-order chi connectivity index (χ0) is 14.3. The van der Waals surface area contributed by atoms with Gasteiger partial charge in [0.15, 0.2) is 0 Å². The summed E-state index contributed by atoms with van der Waals surface area (Å²) in [6, 6.07) is 1.42. The quantitative estimate of drug-likeness (QED) is 0.705. The minimum Gasteiger partial charge on any atom is -0.311 e. The largest absolute Gasteiger partial charge is 0.311 e. The average molecular weight is 266 g/mol. The predicted molar refractivity (Wildman–Crippen MR) is 85.6 cm³/mol. The van der Waals surface area contributed by atoms with Gasteiger partial charge in [0.05, 0.1) is 0 Å². The molecule has 2 nitrogen and oxygen atoms in total. The molecule has 1 unspecified atom stereocenters. The lowest BCUT2D eigenvalue weighted by Crippen LogP contribution is -2.45. The van der Waals surface area contributed by atoms with Crippen molar-refractivity contribution in [2.45, 2.75) is 72.4 Å². The van der Waals surface area contributed by atoms with Crippen LogP contribution in [0.15, 0.2) is 11.6 Å². The van der Waals surface area contributed by atoms with Crippen molar-refractivity contribution in [1.82, 2.24) is 10.2 Å². The fraction of sp³-hybridized carbons (Fsp3) is 0.882. The lowest BCUT2D eigenvalue weighted by molar-refractivity contribution is 0.205. The third kappa shape index (κ3) is 7.74. The van der Waals surface area contributed by atoms with Gasteiger partial charge in [-0.15, -0.1) is 0 Å². The van der Waals surface area contributed by atoms with Crippen LogP contribution in [-0.4, -0.2) is 36.6 Å². The van der Waals surface area contributed by atoms with Crippen LogP contribution in [0.2, 0.25) is 0 Å². The molecule has 0 radical (unpaired) electrons. The van der Waals surface area contributed by atoms with Crippen LogP contribution in [0.25, 0.3) is 0 Å². The summed E-state index contributed by atoms with van der Waals surface area (Å²) in [4.78, 5) is 2.57. The van der Waals surface area contributed by atoms with Gasteiger partial charge in [-0.2, -0.15) is 0 Å². The number of likely N-dealkylation sites (tertiary alicyclic amines) is 1. The van der Waals surface area contributed by atoms with Gasteiger partial charge in [0, 0.05) is 18.6 Å². The van der Waals surface area contributed by atoms with Gasteiger partial charge in [0.2, 0.25) is 0 Å². The first-order chi connectivity index (χ1) is 8.97. The fourth-order valence-corrected chi connectivity index (χ4v) is 2.66. The molecule has 19 heavy (non-hydrogen) atoms. The van der Waals surface area contributed by atoms with Crippen molar-refractivity contribution in [2.24, 2.45) is 5.92 Å². The van der Waals surface area contributed by atoms with Crippen molar-refractivity contribution in [3.05, 3.63) is 11.6 Å². The van der Waals surface area contributed by atoms with Gasteiger partial charge in [0.25, 0.3) is 0 Å². The predicted octanol–water partition coefficient (Wildman–Crippen LogP) is 3.83. The van der Waals surface area contributed by atoms with Crippen molar-refractivity contribution in [3.8, 4) is 0 Å². The first-order valence-electron chi connectivity index (χ1n) is 8.09. The van der Waals surface area contributed by atoms with E-state index in [1.165, 1.54) is 44.3 Å². The van der Waals surface area contributed by atoms with Gasteiger partial charge in [-0.3, -0.25) is 4.90 Å². The van der Waals surface area contributed by atoms with Crippen LogP contribution in [0.3, 0.4) is 0 Å². The Morgan fingerprint density at radius 3 is 2.32 bits per heavy atom. The summed E-state index contributed by atoms with van der Waals surface area (Å²) >= 11 is 0. The third-order valence-corrected chi connectivity index (χ3v) is 4.04. The molecule has 0 saturated carbocycles. The number of piperidine rings is 1. The maximum atomic E-state index is 3.82. The van der Waals surface area contributed by atoms with Crippen LogP contribution in [0.1, 0.15) is 60.3 Å². The monoisotopic (exact) mass is 266 g/mol. The van der Waals surface area contributed by atoms with Crippen LogP contribution < -0.4 is 5.32 Å². The first-order valence-corrected chi connectivity index (χ1v) is 8.09. The molecule has 0 bridgehead atoms. The van der Waals surface area contributed by atoms with E-state index in [1.54, 1.807) is 0 Å². The summed E-state index contributed by atoms with van der Waals surface area (Å²) in [7, 11) is 0. The number of allylic oxidation sites excluding steroid dienone is 1. The molecule has 1 saturated heterocycles. The number of nitrogens with zero attached hydrogens (tertiary/aromatic N) is 1. The number of hydrogen-bond donors (Lipinski definition) is 1. The summed E-state index contributed by atoms with van der Waals surface area (Å²) < 4.78 is 0. The van der Waals surface area contributed by atoms with E-state index in [1.807, 2.05) is 0 Å².